The van der Waals surface area contributed by atoms with Gasteiger partial charge in [-0.1, -0.05) is 18.2 Å². The fourth-order valence-corrected chi connectivity index (χ4v) is 2.22. The molecule has 0 aromatic heterocycles. The Hall–Kier alpha value is -1.04. The topological polar surface area (TPSA) is 58.9 Å². The molecule has 0 radical (unpaired) electrons. The second kappa shape index (κ2) is 4.48. The zero-order valence-corrected chi connectivity index (χ0v) is 13.0. The van der Waals surface area contributed by atoms with Crippen molar-refractivity contribution in [2.75, 3.05) is 0 Å². The third-order valence-corrected chi connectivity index (χ3v) is 4.23. The summed E-state index contributed by atoms with van der Waals surface area (Å²) in [6, 6.07) is 5.24. The number of para-hydroxylation sites is 1. The first-order chi connectivity index (χ1) is 8.96. The van der Waals surface area contributed by atoms with Crippen molar-refractivity contribution in [2.24, 2.45) is 0 Å². The Balaban J connectivity index is 2.42. The molecule has 1 aliphatic heterocycles. The van der Waals surface area contributed by atoms with E-state index in [1.165, 1.54) is 0 Å². The van der Waals surface area contributed by atoms with Gasteiger partial charge in [-0.05, 0) is 41.5 Å². The number of aromatic hydroxyl groups is 1. The third-order valence-electron chi connectivity index (χ3n) is 4.23. The largest absolute Gasteiger partial charge is 0.508 e. The molecule has 0 unspecified atom stereocenters. The van der Waals surface area contributed by atoms with Crippen LogP contribution in [0.2, 0.25) is 0 Å². The lowest BCUT2D eigenvalue weighted by atomic mass is 9.76. The van der Waals surface area contributed by atoms with Gasteiger partial charge in [0.2, 0.25) is 0 Å². The molecule has 2 N–H and O–H groups in total. The Morgan fingerprint density at radius 1 is 1.05 bits per heavy atom. The number of hydrogen-bond donors (Lipinski definition) is 2. The van der Waals surface area contributed by atoms with E-state index >= 15 is 0 Å². The Bertz CT molecular complexity index is 501. The smallest absolute Gasteiger partial charge is 0.498 e. The highest BCUT2D eigenvalue weighted by Gasteiger charge is 2.52. The van der Waals surface area contributed by atoms with E-state index in [1.807, 2.05) is 27.7 Å². The Labute approximate surface area is 120 Å². The minimum atomic E-state index is -1.12. The Morgan fingerprint density at radius 2 is 1.55 bits per heavy atom. The van der Waals surface area contributed by atoms with Gasteiger partial charge in [0.15, 0.2) is 0 Å². The van der Waals surface area contributed by atoms with E-state index in [9.17, 15) is 10.2 Å². The summed E-state index contributed by atoms with van der Waals surface area (Å²) in [5, 5.41) is 20.5. The molecule has 4 nitrogen and oxygen atoms in total. The molecule has 1 aliphatic rings. The SMILES string of the molecule is CC(C)(O)c1cccc(B2OC(C)(C)C(C)(C)O2)c1O. The average molecular weight is 278 g/mol. The maximum atomic E-state index is 10.4. The fourth-order valence-electron chi connectivity index (χ4n) is 2.22. The molecule has 1 aromatic carbocycles. The molecular formula is C15H23BO4. The molecule has 0 saturated carbocycles. The molecule has 2 rings (SSSR count). The normalized spacial score (nSPS) is 21.2. The molecule has 110 valence electrons. The maximum absolute atomic E-state index is 10.4. The van der Waals surface area contributed by atoms with E-state index < -0.39 is 23.9 Å². The van der Waals surface area contributed by atoms with Crippen molar-refractivity contribution < 1.29 is 19.5 Å². The van der Waals surface area contributed by atoms with Gasteiger partial charge < -0.3 is 19.5 Å². The van der Waals surface area contributed by atoms with Gasteiger partial charge in [0.05, 0.1) is 16.8 Å². The van der Waals surface area contributed by atoms with Gasteiger partial charge in [0.1, 0.15) is 5.75 Å². The lowest BCUT2D eigenvalue weighted by Crippen LogP contribution is -2.41. The third kappa shape index (κ3) is 2.46. The number of phenolic OH excluding ortho intramolecular Hbond substituents is 1. The van der Waals surface area contributed by atoms with Crippen LogP contribution in [0.4, 0.5) is 0 Å². The lowest BCUT2D eigenvalue weighted by Gasteiger charge is -2.32. The predicted molar refractivity (Wildman–Crippen MR) is 79.1 cm³/mol. The summed E-state index contributed by atoms with van der Waals surface area (Å²) >= 11 is 0. The predicted octanol–water partition coefficient (Wildman–Crippen LogP) is 1.92. The second-order valence-corrected chi connectivity index (χ2v) is 6.89. The van der Waals surface area contributed by atoms with Crippen LogP contribution in [0.5, 0.6) is 5.75 Å². The van der Waals surface area contributed by atoms with E-state index in [2.05, 4.69) is 0 Å². The maximum Gasteiger partial charge on any atom is 0.498 e. The first-order valence-corrected chi connectivity index (χ1v) is 6.86. The monoisotopic (exact) mass is 278 g/mol. The van der Waals surface area contributed by atoms with Gasteiger partial charge in [0.25, 0.3) is 0 Å². The van der Waals surface area contributed by atoms with Crippen LogP contribution >= 0.6 is 0 Å². The Kier molecular flexibility index (Phi) is 3.44. The van der Waals surface area contributed by atoms with Crippen molar-refractivity contribution in [1.29, 1.82) is 0 Å². The zero-order chi connectivity index (χ0) is 15.3. The second-order valence-electron chi connectivity index (χ2n) is 6.89. The number of benzene rings is 1. The summed E-state index contributed by atoms with van der Waals surface area (Å²) in [5.41, 5.74) is -1.04. The molecule has 1 aromatic rings. The number of aliphatic hydroxyl groups is 1. The van der Waals surface area contributed by atoms with E-state index in [4.69, 9.17) is 9.31 Å². The van der Waals surface area contributed by atoms with Crippen LogP contribution < -0.4 is 5.46 Å². The van der Waals surface area contributed by atoms with Crippen LogP contribution in [-0.4, -0.2) is 28.5 Å². The van der Waals surface area contributed by atoms with Gasteiger partial charge >= 0.3 is 7.12 Å². The minimum Gasteiger partial charge on any atom is -0.508 e. The summed E-state index contributed by atoms with van der Waals surface area (Å²) < 4.78 is 11.9. The molecule has 1 heterocycles. The number of rotatable bonds is 2. The number of phenols is 1. The zero-order valence-electron chi connectivity index (χ0n) is 13.0. The molecular weight excluding hydrogens is 255 g/mol. The summed E-state index contributed by atoms with van der Waals surface area (Å²) in [7, 11) is -0.637. The highest BCUT2D eigenvalue weighted by molar-refractivity contribution is 6.63. The van der Waals surface area contributed by atoms with Gasteiger partial charge in [-0.3, -0.25) is 0 Å². The van der Waals surface area contributed by atoms with Crippen LogP contribution in [-0.2, 0) is 14.9 Å². The molecule has 0 aliphatic carbocycles. The van der Waals surface area contributed by atoms with Gasteiger partial charge in [-0.25, -0.2) is 0 Å². The van der Waals surface area contributed by atoms with Crippen molar-refractivity contribution in [3.63, 3.8) is 0 Å². The molecule has 1 fully saturated rings. The van der Waals surface area contributed by atoms with E-state index in [0.717, 1.165) is 0 Å². The van der Waals surface area contributed by atoms with Crippen molar-refractivity contribution >= 4 is 12.6 Å². The molecule has 20 heavy (non-hydrogen) atoms. The number of hydrogen-bond acceptors (Lipinski definition) is 4. The highest BCUT2D eigenvalue weighted by Crippen LogP contribution is 2.38. The summed E-state index contributed by atoms with van der Waals surface area (Å²) in [6.45, 7) is 11.1. The quantitative estimate of drug-likeness (QED) is 0.811. The first kappa shape index (κ1) is 15.4. The average Bonchev–Trinajstić information content (AvgIpc) is 2.46. The summed E-state index contributed by atoms with van der Waals surface area (Å²) in [6.07, 6.45) is 0. The van der Waals surface area contributed by atoms with E-state index in [-0.39, 0.29) is 5.75 Å². The van der Waals surface area contributed by atoms with Crippen LogP contribution in [0.1, 0.15) is 47.1 Å². The summed E-state index contributed by atoms with van der Waals surface area (Å²) in [5.74, 6) is 0.0264. The molecule has 0 spiro atoms. The molecule has 0 amide bonds. The molecule has 0 atom stereocenters. The first-order valence-electron chi connectivity index (χ1n) is 6.86. The van der Waals surface area contributed by atoms with Gasteiger partial charge in [-0.15, -0.1) is 0 Å². The molecule has 5 heteroatoms. The summed E-state index contributed by atoms with van der Waals surface area (Å²) in [4.78, 5) is 0. The van der Waals surface area contributed by atoms with Crippen molar-refractivity contribution in [2.45, 2.75) is 58.3 Å². The van der Waals surface area contributed by atoms with Crippen molar-refractivity contribution in [1.82, 2.24) is 0 Å². The van der Waals surface area contributed by atoms with Gasteiger partial charge in [-0.2, -0.15) is 0 Å². The minimum absolute atomic E-state index is 0.0264. The Morgan fingerprint density at radius 3 is 2.00 bits per heavy atom. The van der Waals surface area contributed by atoms with E-state index in [1.54, 1.807) is 32.0 Å². The molecule has 1 saturated heterocycles. The van der Waals surface area contributed by atoms with Crippen molar-refractivity contribution in [3.05, 3.63) is 23.8 Å². The van der Waals surface area contributed by atoms with Gasteiger partial charge in [0, 0.05) is 11.0 Å². The van der Waals surface area contributed by atoms with Crippen LogP contribution in [0.15, 0.2) is 18.2 Å². The molecule has 0 bridgehead atoms. The van der Waals surface area contributed by atoms with Crippen LogP contribution in [0.25, 0.3) is 0 Å². The highest BCUT2D eigenvalue weighted by atomic mass is 16.7. The standard InChI is InChI=1S/C15H23BO4/c1-13(2,18)10-8-7-9-11(12(10)17)16-19-14(3,4)15(5,6)20-16/h7-9,17-18H,1-6H3. The van der Waals surface area contributed by atoms with Crippen LogP contribution in [0.3, 0.4) is 0 Å². The van der Waals surface area contributed by atoms with Crippen LogP contribution in [0, 0.1) is 0 Å². The lowest BCUT2D eigenvalue weighted by molar-refractivity contribution is 0.00578. The fraction of sp³-hybridized carbons (Fsp3) is 0.600. The van der Waals surface area contributed by atoms with Crippen molar-refractivity contribution in [3.8, 4) is 5.75 Å². The van der Waals surface area contributed by atoms with E-state index in [0.29, 0.717) is 11.0 Å².